The number of nitrogens with zero attached hydrogens (tertiary/aromatic N) is 1. The fourth-order valence-electron chi connectivity index (χ4n) is 5.29. The van der Waals surface area contributed by atoms with Crippen LogP contribution in [0.2, 0.25) is 0 Å². The number of hydrogen-bond donors (Lipinski definition) is 1. The highest BCUT2D eigenvalue weighted by molar-refractivity contribution is 5.91. The Labute approximate surface area is 220 Å². The Morgan fingerprint density at radius 3 is 2.08 bits per heavy atom. The Morgan fingerprint density at radius 2 is 1.46 bits per heavy atom. The maximum Gasteiger partial charge on any atom is 0.323 e. The lowest BCUT2D eigenvalue weighted by Crippen LogP contribution is -2.37. The predicted molar refractivity (Wildman–Crippen MR) is 145 cm³/mol. The van der Waals surface area contributed by atoms with E-state index in [1.165, 1.54) is 11.1 Å². The van der Waals surface area contributed by atoms with Crippen molar-refractivity contribution in [2.24, 2.45) is 5.92 Å². The minimum absolute atomic E-state index is 0.233. The number of likely N-dealkylation sites (tertiary alicyclic amines) is 1. The lowest BCUT2D eigenvalue weighted by Gasteiger charge is -2.36. The molecule has 0 amide bonds. The first-order chi connectivity index (χ1) is 17.8. The molecule has 1 aliphatic rings. The quantitative estimate of drug-likeness (QED) is 0.286. The van der Waals surface area contributed by atoms with Gasteiger partial charge in [-0.05, 0) is 87.5 Å². The molecule has 3 aromatic carbocycles. The Balaban J connectivity index is 1.26. The van der Waals surface area contributed by atoms with Crippen LogP contribution in [0.15, 0.2) is 84.9 Å². The zero-order chi connectivity index (χ0) is 26.3. The third kappa shape index (κ3) is 6.86. The van der Waals surface area contributed by atoms with Crippen molar-refractivity contribution in [2.45, 2.75) is 50.9 Å². The van der Waals surface area contributed by atoms with Crippen molar-refractivity contribution in [2.75, 3.05) is 19.6 Å². The number of carbonyl (C=O) groups excluding carboxylic acids is 2. The van der Waals surface area contributed by atoms with Crippen molar-refractivity contribution in [1.29, 1.82) is 0 Å². The molecule has 194 valence electrons. The van der Waals surface area contributed by atoms with Crippen molar-refractivity contribution in [3.8, 4) is 5.75 Å². The number of carbonyl (C=O) groups is 2. The summed E-state index contributed by atoms with van der Waals surface area (Å²) in [4.78, 5) is 27.4. The lowest BCUT2D eigenvalue weighted by atomic mass is 9.76. The van der Waals surface area contributed by atoms with E-state index >= 15 is 0 Å². The van der Waals surface area contributed by atoms with Gasteiger partial charge in [0.2, 0.25) is 0 Å². The molecule has 1 saturated heterocycles. The van der Waals surface area contributed by atoms with Crippen LogP contribution in [0, 0.1) is 5.92 Å². The van der Waals surface area contributed by atoms with Gasteiger partial charge in [-0.3, -0.25) is 9.59 Å². The maximum absolute atomic E-state index is 12.6. The van der Waals surface area contributed by atoms with Crippen molar-refractivity contribution in [1.82, 2.24) is 4.90 Å². The topological polar surface area (TPSA) is 66.8 Å². The largest absolute Gasteiger partial charge is 0.508 e. The zero-order valence-electron chi connectivity index (χ0n) is 21.8. The summed E-state index contributed by atoms with van der Waals surface area (Å²) in [7, 11) is 0. The number of piperidine rings is 1. The highest BCUT2D eigenvalue weighted by atomic mass is 16.6. The standard InChI is InChI=1S/C32H37NO4/c1-32(2,27-12-7-4-8-13-27)31(36)37-29(35)14-9-21-33-22-19-26(20-23-33)30(24-10-5-3-6-11-24)25-15-17-28(34)18-16-25/h3-8,10-13,15-18,26,30,34H,9,14,19-23H2,1-2H3. The van der Waals surface area contributed by atoms with Crippen molar-refractivity contribution in [3.63, 3.8) is 0 Å². The van der Waals surface area contributed by atoms with Gasteiger partial charge in [-0.25, -0.2) is 0 Å². The van der Waals surface area contributed by atoms with Crippen molar-refractivity contribution < 1.29 is 19.4 Å². The van der Waals surface area contributed by atoms with Gasteiger partial charge in [-0.2, -0.15) is 0 Å². The lowest BCUT2D eigenvalue weighted by molar-refractivity contribution is -0.163. The first-order valence-electron chi connectivity index (χ1n) is 13.2. The van der Waals surface area contributed by atoms with Gasteiger partial charge in [-0.1, -0.05) is 72.8 Å². The Hall–Kier alpha value is -3.44. The summed E-state index contributed by atoms with van der Waals surface area (Å²) < 4.78 is 5.20. The highest BCUT2D eigenvalue weighted by Gasteiger charge is 2.33. The molecule has 0 spiro atoms. The van der Waals surface area contributed by atoms with Gasteiger partial charge in [0.15, 0.2) is 0 Å². The average molecular weight is 500 g/mol. The highest BCUT2D eigenvalue weighted by Crippen LogP contribution is 2.38. The van der Waals surface area contributed by atoms with Gasteiger partial charge < -0.3 is 14.7 Å². The number of aromatic hydroxyl groups is 1. The van der Waals surface area contributed by atoms with E-state index in [9.17, 15) is 14.7 Å². The third-order valence-electron chi connectivity index (χ3n) is 7.58. The van der Waals surface area contributed by atoms with Gasteiger partial charge >= 0.3 is 11.9 Å². The van der Waals surface area contributed by atoms with Gasteiger partial charge in [0, 0.05) is 12.3 Å². The second-order valence-corrected chi connectivity index (χ2v) is 10.5. The summed E-state index contributed by atoms with van der Waals surface area (Å²) in [6.45, 7) is 6.32. The molecule has 1 atom stereocenters. The Morgan fingerprint density at radius 1 is 0.892 bits per heavy atom. The number of esters is 2. The molecular formula is C32H37NO4. The van der Waals surface area contributed by atoms with Crippen molar-refractivity contribution in [3.05, 3.63) is 102 Å². The van der Waals surface area contributed by atoms with Gasteiger partial charge in [0.1, 0.15) is 5.75 Å². The molecule has 0 aromatic heterocycles. The zero-order valence-corrected chi connectivity index (χ0v) is 21.8. The molecule has 1 unspecified atom stereocenters. The summed E-state index contributed by atoms with van der Waals surface area (Å²) in [6, 6.07) is 27.6. The van der Waals surface area contributed by atoms with Crippen LogP contribution < -0.4 is 0 Å². The molecule has 1 fully saturated rings. The van der Waals surface area contributed by atoms with Gasteiger partial charge in [0.25, 0.3) is 0 Å². The molecular weight excluding hydrogens is 462 g/mol. The Kier molecular flexibility index (Phi) is 8.78. The summed E-state index contributed by atoms with van der Waals surface area (Å²) in [5.74, 6) is 0.115. The molecule has 1 N–H and O–H groups in total. The van der Waals surface area contributed by atoms with Crippen LogP contribution in [0.25, 0.3) is 0 Å². The monoisotopic (exact) mass is 499 g/mol. The maximum atomic E-state index is 12.6. The van der Waals surface area contributed by atoms with Crippen LogP contribution in [0.1, 0.15) is 62.1 Å². The molecule has 0 saturated carbocycles. The molecule has 1 aliphatic heterocycles. The second kappa shape index (κ2) is 12.2. The van der Waals surface area contributed by atoms with Crippen LogP contribution in [0.3, 0.4) is 0 Å². The molecule has 1 heterocycles. The van der Waals surface area contributed by atoms with Crippen LogP contribution >= 0.6 is 0 Å². The van der Waals surface area contributed by atoms with E-state index in [-0.39, 0.29) is 18.1 Å². The van der Waals surface area contributed by atoms with Crippen molar-refractivity contribution >= 4 is 11.9 Å². The van der Waals surface area contributed by atoms with E-state index < -0.39 is 17.4 Å². The number of phenolic OH excluding ortho intramolecular Hbond substituents is 1. The summed E-state index contributed by atoms with van der Waals surface area (Å²) in [5, 5.41) is 9.76. The normalized spacial score (nSPS) is 15.7. The van der Waals surface area contributed by atoms with E-state index in [1.54, 1.807) is 26.0 Å². The van der Waals surface area contributed by atoms with Gasteiger partial charge in [-0.15, -0.1) is 0 Å². The fraction of sp³-hybridized carbons (Fsp3) is 0.375. The Bertz CT molecular complexity index is 1150. The van der Waals surface area contributed by atoms with Crippen LogP contribution in [0.5, 0.6) is 5.75 Å². The van der Waals surface area contributed by atoms with Gasteiger partial charge in [0.05, 0.1) is 5.41 Å². The number of phenols is 1. The van der Waals surface area contributed by atoms with E-state index in [1.807, 2.05) is 48.5 Å². The fourth-order valence-corrected chi connectivity index (χ4v) is 5.29. The summed E-state index contributed by atoms with van der Waals surface area (Å²) >= 11 is 0. The van der Waals surface area contributed by atoms with Crippen LogP contribution in [0.4, 0.5) is 0 Å². The molecule has 5 heteroatoms. The summed E-state index contributed by atoms with van der Waals surface area (Å²) in [6.07, 6.45) is 3.03. The smallest absolute Gasteiger partial charge is 0.323 e. The predicted octanol–water partition coefficient (Wildman–Crippen LogP) is 6.06. The number of ether oxygens (including phenoxy) is 1. The average Bonchev–Trinajstić information content (AvgIpc) is 2.92. The molecule has 3 aromatic rings. The van der Waals surface area contributed by atoms with Crippen LogP contribution in [-0.2, 0) is 19.7 Å². The molecule has 0 aliphatic carbocycles. The molecule has 5 nitrogen and oxygen atoms in total. The number of hydrogen-bond acceptors (Lipinski definition) is 5. The SMILES string of the molecule is CC(C)(C(=O)OC(=O)CCCN1CCC(C(c2ccccc2)c2ccc(O)cc2)CC1)c1ccccc1. The minimum Gasteiger partial charge on any atom is -0.508 e. The van der Waals surface area contributed by atoms with Crippen LogP contribution in [-0.4, -0.2) is 41.6 Å². The van der Waals surface area contributed by atoms with E-state index in [0.29, 0.717) is 12.3 Å². The van der Waals surface area contributed by atoms with E-state index in [4.69, 9.17) is 4.74 Å². The molecule has 4 rings (SSSR count). The third-order valence-corrected chi connectivity index (χ3v) is 7.58. The second-order valence-electron chi connectivity index (χ2n) is 10.5. The van der Waals surface area contributed by atoms with E-state index in [0.717, 1.165) is 38.0 Å². The number of rotatable bonds is 9. The first-order valence-corrected chi connectivity index (χ1v) is 13.2. The molecule has 0 bridgehead atoms. The number of benzene rings is 3. The van der Waals surface area contributed by atoms with E-state index in [2.05, 4.69) is 29.2 Å². The molecule has 0 radical (unpaired) electrons. The minimum atomic E-state index is -0.869. The summed E-state index contributed by atoms with van der Waals surface area (Å²) in [5.41, 5.74) is 2.49. The molecule has 37 heavy (non-hydrogen) atoms. The first kappa shape index (κ1) is 26.6.